The molecule has 0 bridgehead atoms. The van der Waals surface area contributed by atoms with Crippen LogP contribution in [0.4, 0.5) is 5.95 Å². The van der Waals surface area contributed by atoms with Gasteiger partial charge in [0.1, 0.15) is 5.69 Å². The van der Waals surface area contributed by atoms with Crippen LogP contribution in [0.15, 0.2) is 12.3 Å². The lowest BCUT2D eigenvalue weighted by molar-refractivity contribution is 0.0637. The molecule has 0 aliphatic carbocycles. The molecule has 1 aromatic rings. The fourth-order valence-corrected chi connectivity index (χ4v) is 2.38. The lowest BCUT2D eigenvalue weighted by Gasteiger charge is -2.33. The first kappa shape index (κ1) is 16.6. The van der Waals surface area contributed by atoms with Gasteiger partial charge < -0.3 is 20.0 Å². The second kappa shape index (κ2) is 8.05. The summed E-state index contributed by atoms with van der Waals surface area (Å²) in [5.74, 6) is 0.508. The van der Waals surface area contributed by atoms with Crippen molar-refractivity contribution in [2.24, 2.45) is 0 Å². The van der Waals surface area contributed by atoms with Gasteiger partial charge in [-0.2, -0.15) is 0 Å². The first-order chi connectivity index (χ1) is 10.6. The first-order valence-corrected chi connectivity index (χ1v) is 7.83. The Hall–Kier alpha value is -1.73. The van der Waals surface area contributed by atoms with E-state index in [4.69, 9.17) is 0 Å². The zero-order chi connectivity index (χ0) is 15.9. The summed E-state index contributed by atoms with van der Waals surface area (Å²) >= 11 is 0. The van der Waals surface area contributed by atoms with E-state index in [1.807, 2.05) is 19.0 Å². The molecule has 7 nitrogen and oxygen atoms in total. The number of hydrogen-bond donors (Lipinski definition) is 1. The van der Waals surface area contributed by atoms with Crippen LogP contribution in [0.25, 0.3) is 0 Å². The van der Waals surface area contributed by atoms with Crippen molar-refractivity contribution in [2.75, 3.05) is 65.2 Å². The molecule has 22 heavy (non-hydrogen) atoms. The predicted molar refractivity (Wildman–Crippen MR) is 87.1 cm³/mol. The van der Waals surface area contributed by atoms with Crippen LogP contribution in [0.5, 0.6) is 0 Å². The molecule has 1 aromatic heterocycles. The minimum Gasteiger partial charge on any atom is -0.353 e. The van der Waals surface area contributed by atoms with Gasteiger partial charge >= 0.3 is 0 Å². The monoisotopic (exact) mass is 306 g/mol. The number of nitrogens with zero attached hydrogens (tertiary/aromatic N) is 5. The maximum absolute atomic E-state index is 12.5. The van der Waals surface area contributed by atoms with E-state index in [-0.39, 0.29) is 5.91 Å². The number of amides is 1. The molecule has 0 atom stereocenters. The Labute approximate surface area is 132 Å². The summed E-state index contributed by atoms with van der Waals surface area (Å²) in [5, 5.41) is 3.15. The van der Waals surface area contributed by atoms with E-state index in [0.29, 0.717) is 11.6 Å². The molecule has 122 valence electrons. The largest absolute Gasteiger partial charge is 0.353 e. The number of carbonyl (C=O) groups excluding carboxylic acids is 1. The smallest absolute Gasteiger partial charge is 0.272 e. The van der Waals surface area contributed by atoms with Gasteiger partial charge in [-0.15, -0.1) is 0 Å². The Morgan fingerprint density at radius 1 is 1.32 bits per heavy atom. The van der Waals surface area contributed by atoms with Crippen LogP contribution in [0, 0.1) is 0 Å². The summed E-state index contributed by atoms with van der Waals surface area (Å²) in [5.41, 5.74) is 0.465. The Kier molecular flexibility index (Phi) is 6.09. The second-order valence-corrected chi connectivity index (χ2v) is 5.72. The number of carbonyl (C=O) groups is 1. The highest BCUT2D eigenvalue weighted by atomic mass is 16.2. The molecule has 1 aliphatic heterocycles. The molecule has 2 rings (SSSR count). The van der Waals surface area contributed by atoms with Gasteiger partial charge in [-0.1, -0.05) is 6.92 Å². The summed E-state index contributed by atoms with van der Waals surface area (Å²) in [6.07, 6.45) is 1.64. The van der Waals surface area contributed by atoms with Crippen LogP contribution >= 0.6 is 0 Å². The summed E-state index contributed by atoms with van der Waals surface area (Å²) in [6.45, 7) is 8.21. The van der Waals surface area contributed by atoms with E-state index in [2.05, 4.69) is 32.0 Å². The van der Waals surface area contributed by atoms with E-state index < -0.39 is 0 Å². The third-order valence-corrected chi connectivity index (χ3v) is 3.82. The normalized spacial score (nSPS) is 16.1. The molecule has 0 radical (unpaired) electrons. The first-order valence-electron chi connectivity index (χ1n) is 7.83. The summed E-state index contributed by atoms with van der Waals surface area (Å²) in [6, 6.07) is 1.69. The summed E-state index contributed by atoms with van der Waals surface area (Å²) < 4.78 is 0. The van der Waals surface area contributed by atoms with Crippen molar-refractivity contribution in [1.29, 1.82) is 0 Å². The standard InChI is InChI=1S/C15H26N6O/c1-4-20-9-11-21(12-10-20)14(22)13-5-6-16-15(18-13)17-7-8-19(2)3/h5-6H,4,7-12H2,1-3H3,(H,16,17,18). The van der Waals surface area contributed by atoms with E-state index in [0.717, 1.165) is 45.8 Å². The van der Waals surface area contributed by atoms with Gasteiger partial charge in [0.05, 0.1) is 0 Å². The van der Waals surface area contributed by atoms with Gasteiger partial charge in [0.15, 0.2) is 0 Å². The molecule has 1 saturated heterocycles. The maximum atomic E-state index is 12.5. The van der Waals surface area contributed by atoms with Gasteiger partial charge in [0, 0.05) is 45.5 Å². The molecule has 0 spiro atoms. The number of aromatic nitrogens is 2. The number of nitrogens with one attached hydrogen (secondary N) is 1. The van der Waals surface area contributed by atoms with Crippen molar-refractivity contribution in [2.45, 2.75) is 6.92 Å². The van der Waals surface area contributed by atoms with Gasteiger partial charge in [-0.05, 0) is 26.7 Å². The highest BCUT2D eigenvalue weighted by Gasteiger charge is 2.22. The highest BCUT2D eigenvalue weighted by molar-refractivity contribution is 5.92. The lowest BCUT2D eigenvalue weighted by atomic mass is 10.2. The minimum absolute atomic E-state index is 0.00573. The molecular weight excluding hydrogens is 280 g/mol. The average Bonchev–Trinajstić information content (AvgIpc) is 2.54. The third kappa shape index (κ3) is 4.64. The average molecular weight is 306 g/mol. The van der Waals surface area contributed by atoms with Crippen LogP contribution in [0.2, 0.25) is 0 Å². The fraction of sp³-hybridized carbons (Fsp3) is 0.667. The molecule has 7 heteroatoms. The molecule has 1 N–H and O–H groups in total. The Balaban J connectivity index is 1.92. The van der Waals surface area contributed by atoms with E-state index in [1.165, 1.54) is 0 Å². The number of hydrogen-bond acceptors (Lipinski definition) is 6. The van der Waals surface area contributed by atoms with Crippen molar-refractivity contribution in [1.82, 2.24) is 24.7 Å². The van der Waals surface area contributed by atoms with Gasteiger partial charge in [0.25, 0.3) is 5.91 Å². The second-order valence-electron chi connectivity index (χ2n) is 5.72. The molecule has 1 fully saturated rings. The van der Waals surface area contributed by atoms with Crippen molar-refractivity contribution in [3.8, 4) is 0 Å². The molecule has 0 saturated carbocycles. The highest BCUT2D eigenvalue weighted by Crippen LogP contribution is 2.08. The zero-order valence-electron chi connectivity index (χ0n) is 13.7. The van der Waals surface area contributed by atoms with E-state index in [1.54, 1.807) is 12.3 Å². The topological polar surface area (TPSA) is 64.6 Å². The molecular formula is C15H26N6O. The Bertz CT molecular complexity index is 485. The third-order valence-electron chi connectivity index (χ3n) is 3.82. The van der Waals surface area contributed by atoms with Crippen LogP contribution in [0.3, 0.4) is 0 Å². The molecule has 0 unspecified atom stereocenters. The van der Waals surface area contributed by atoms with Crippen LogP contribution in [-0.4, -0.2) is 90.5 Å². The van der Waals surface area contributed by atoms with E-state index >= 15 is 0 Å². The Morgan fingerprint density at radius 2 is 2.05 bits per heavy atom. The maximum Gasteiger partial charge on any atom is 0.272 e. The molecule has 1 amide bonds. The number of piperazine rings is 1. The van der Waals surface area contributed by atoms with Gasteiger partial charge in [-0.3, -0.25) is 4.79 Å². The SMILES string of the molecule is CCN1CCN(C(=O)c2ccnc(NCCN(C)C)n2)CC1. The van der Waals surface area contributed by atoms with Crippen LogP contribution in [-0.2, 0) is 0 Å². The number of likely N-dealkylation sites (N-methyl/N-ethyl adjacent to an activating group) is 2. The van der Waals surface area contributed by atoms with Gasteiger partial charge in [0.2, 0.25) is 5.95 Å². The zero-order valence-corrected chi connectivity index (χ0v) is 13.7. The fourth-order valence-electron chi connectivity index (χ4n) is 2.38. The van der Waals surface area contributed by atoms with Crippen molar-refractivity contribution >= 4 is 11.9 Å². The van der Waals surface area contributed by atoms with Crippen molar-refractivity contribution < 1.29 is 4.79 Å². The lowest BCUT2D eigenvalue weighted by Crippen LogP contribution is -2.48. The number of anilines is 1. The number of rotatable bonds is 6. The molecule has 2 heterocycles. The summed E-state index contributed by atoms with van der Waals surface area (Å²) in [4.78, 5) is 27.3. The quantitative estimate of drug-likeness (QED) is 0.811. The summed E-state index contributed by atoms with van der Waals surface area (Å²) in [7, 11) is 4.02. The Morgan fingerprint density at radius 3 is 2.68 bits per heavy atom. The van der Waals surface area contributed by atoms with Crippen molar-refractivity contribution in [3.63, 3.8) is 0 Å². The minimum atomic E-state index is -0.00573. The van der Waals surface area contributed by atoms with Crippen LogP contribution in [0.1, 0.15) is 17.4 Å². The predicted octanol–water partition coefficient (Wildman–Crippen LogP) is 0.228. The van der Waals surface area contributed by atoms with E-state index in [9.17, 15) is 4.79 Å². The molecule has 0 aromatic carbocycles. The van der Waals surface area contributed by atoms with Crippen LogP contribution < -0.4 is 5.32 Å². The molecule has 1 aliphatic rings. The van der Waals surface area contributed by atoms with Crippen molar-refractivity contribution in [3.05, 3.63) is 18.0 Å². The van der Waals surface area contributed by atoms with Gasteiger partial charge in [-0.25, -0.2) is 9.97 Å².